The molecule has 9 heteroatoms. The highest BCUT2D eigenvalue weighted by Crippen LogP contribution is 2.30. The van der Waals surface area contributed by atoms with E-state index in [0.29, 0.717) is 24.7 Å². The van der Waals surface area contributed by atoms with Gasteiger partial charge in [0.25, 0.3) is 0 Å². The molecule has 0 aliphatic carbocycles. The molecule has 0 aliphatic heterocycles. The number of carbonyl (C=O) groups is 3. The van der Waals surface area contributed by atoms with Crippen molar-refractivity contribution < 1.29 is 24.4 Å². The first-order valence-electron chi connectivity index (χ1n) is 11.9. The number of primary amides is 1. The second-order valence-electron chi connectivity index (χ2n) is 8.87. The Balaban J connectivity index is 2.72. The second-order valence-corrected chi connectivity index (χ2v) is 8.87. The Hall–Kier alpha value is -2.39. The number of amides is 3. The van der Waals surface area contributed by atoms with Crippen LogP contribution in [0.1, 0.15) is 77.7 Å². The fourth-order valence-corrected chi connectivity index (χ4v) is 3.70. The van der Waals surface area contributed by atoms with E-state index >= 15 is 0 Å². The topological polar surface area (TPSA) is 142 Å². The van der Waals surface area contributed by atoms with Crippen LogP contribution in [0.3, 0.4) is 0 Å². The van der Waals surface area contributed by atoms with Gasteiger partial charge < -0.3 is 26.4 Å². The van der Waals surface area contributed by atoms with Gasteiger partial charge in [0.05, 0.1) is 6.67 Å². The lowest BCUT2D eigenvalue weighted by molar-refractivity contribution is -0.126. The average molecular weight is 461 g/mol. The van der Waals surface area contributed by atoms with Crippen molar-refractivity contribution in [2.75, 3.05) is 6.67 Å². The SMILES string of the molecule is CCC(C)C(=O)NCNC(=O)C(C)CCC(CCC(CC)C(N)=O)c1ccc(B(O)O)cc1. The van der Waals surface area contributed by atoms with Gasteiger partial charge in [-0.2, -0.15) is 0 Å². The Bertz CT molecular complexity index is 757. The maximum Gasteiger partial charge on any atom is 0.488 e. The van der Waals surface area contributed by atoms with E-state index < -0.39 is 7.12 Å². The molecule has 0 aromatic heterocycles. The van der Waals surface area contributed by atoms with Crippen LogP contribution in [-0.4, -0.2) is 41.6 Å². The molecular weight excluding hydrogens is 421 g/mol. The van der Waals surface area contributed by atoms with Gasteiger partial charge >= 0.3 is 7.12 Å². The Morgan fingerprint density at radius 1 is 0.879 bits per heavy atom. The van der Waals surface area contributed by atoms with Gasteiger partial charge in [-0.05, 0) is 55.5 Å². The molecule has 1 aromatic rings. The number of hydrogen-bond donors (Lipinski definition) is 5. The fraction of sp³-hybridized carbons (Fsp3) is 0.625. The summed E-state index contributed by atoms with van der Waals surface area (Å²) >= 11 is 0. The molecular formula is C24H40BN3O5. The van der Waals surface area contributed by atoms with Crippen LogP contribution in [0.4, 0.5) is 0 Å². The van der Waals surface area contributed by atoms with Crippen LogP contribution in [0, 0.1) is 17.8 Å². The Morgan fingerprint density at radius 3 is 1.91 bits per heavy atom. The summed E-state index contributed by atoms with van der Waals surface area (Å²) in [7, 11) is -1.53. The summed E-state index contributed by atoms with van der Waals surface area (Å²) in [5.41, 5.74) is 6.94. The summed E-state index contributed by atoms with van der Waals surface area (Å²) in [5, 5.41) is 24.2. The summed E-state index contributed by atoms with van der Waals surface area (Å²) in [6, 6.07) is 7.07. The van der Waals surface area contributed by atoms with Crippen molar-refractivity contribution in [1.29, 1.82) is 0 Å². The minimum atomic E-state index is -1.53. The summed E-state index contributed by atoms with van der Waals surface area (Å²) in [5.74, 6) is -0.940. The van der Waals surface area contributed by atoms with Crippen LogP contribution in [0.15, 0.2) is 24.3 Å². The third-order valence-electron chi connectivity index (χ3n) is 6.45. The molecule has 4 unspecified atom stereocenters. The summed E-state index contributed by atoms with van der Waals surface area (Å²) in [4.78, 5) is 35.9. The molecule has 0 bridgehead atoms. The smallest absolute Gasteiger partial charge is 0.423 e. The predicted octanol–water partition coefficient (Wildman–Crippen LogP) is 1.39. The van der Waals surface area contributed by atoms with Crippen LogP contribution >= 0.6 is 0 Å². The molecule has 33 heavy (non-hydrogen) atoms. The van der Waals surface area contributed by atoms with Crippen LogP contribution in [-0.2, 0) is 14.4 Å². The molecule has 184 valence electrons. The standard InChI is InChI=1S/C24H40BN3O5/c1-5-16(3)23(30)27-15-28-24(31)17(4)7-8-19(10-9-18(6-2)22(26)29)20-11-13-21(14-12-20)25(32)33/h11-14,16-19,32-33H,5-10,15H2,1-4H3,(H2,26,29)(H,27,30)(H,28,31). The maximum atomic E-state index is 12.5. The summed E-state index contributed by atoms with van der Waals surface area (Å²) in [6.45, 7) is 7.68. The monoisotopic (exact) mass is 461 g/mol. The van der Waals surface area contributed by atoms with Crippen molar-refractivity contribution in [3.8, 4) is 0 Å². The molecule has 8 nitrogen and oxygen atoms in total. The normalized spacial score (nSPS) is 14.6. The summed E-state index contributed by atoms with van der Waals surface area (Å²) < 4.78 is 0. The van der Waals surface area contributed by atoms with Crippen molar-refractivity contribution in [2.24, 2.45) is 23.5 Å². The van der Waals surface area contributed by atoms with Gasteiger partial charge in [0.1, 0.15) is 0 Å². The van der Waals surface area contributed by atoms with Crippen LogP contribution < -0.4 is 21.8 Å². The Kier molecular flexibility index (Phi) is 12.8. The molecule has 0 radical (unpaired) electrons. The van der Waals surface area contributed by atoms with E-state index in [0.717, 1.165) is 24.8 Å². The molecule has 6 N–H and O–H groups in total. The van der Waals surface area contributed by atoms with E-state index in [-0.39, 0.29) is 48.1 Å². The number of hydrogen-bond acceptors (Lipinski definition) is 5. The lowest BCUT2D eigenvalue weighted by Gasteiger charge is -2.22. The minimum Gasteiger partial charge on any atom is -0.423 e. The largest absolute Gasteiger partial charge is 0.488 e. The highest BCUT2D eigenvalue weighted by Gasteiger charge is 2.21. The van der Waals surface area contributed by atoms with Crippen LogP contribution in [0.5, 0.6) is 0 Å². The summed E-state index contributed by atoms with van der Waals surface area (Å²) in [6.07, 6.45) is 4.17. The number of rotatable bonds is 15. The molecule has 1 aromatic carbocycles. The van der Waals surface area contributed by atoms with Gasteiger partial charge in [-0.15, -0.1) is 0 Å². The van der Waals surface area contributed by atoms with Crippen molar-refractivity contribution in [1.82, 2.24) is 10.6 Å². The highest BCUT2D eigenvalue weighted by atomic mass is 16.4. The van der Waals surface area contributed by atoms with Crippen molar-refractivity contribution in [3.63, 3.8) is 0 Å². The number of benzene rings is 1. The maximum absolute atomic E-state index is 12.5. The van der Waals surface area contributed by atoms with Gasteiger partial charge in [-0.25, -0.2) is 0 Å². The van der Waals surface area contributed by atoms with E-state index in [1.165, 1.54) is 0 Å². The zero-order chi connectivity index (χ0) is 25.0. The van der Waals surface area contributed by atoms with Gasteiger partial charge in [0, 0.05) is 17.8 Å². The average Bonchev–Trinajstić information content (AvgIpc) is 2.80. The van der Waals surface area contributed by atoms with E-state index in [1.54, 1.807) is 12.1 Å². The quantitative estimate of drug-likeness (QED) is 0.198. The van der Waals surface area contributed by atoms with Crippen LogP contribution in [0.25, 0.3) is 0 Å². The molecule has 0 saturated heterocycles. The van der Waals surface area contributed by atoms with Crippen molar-refractivity contribution in [3.05, 3.63) is 29.8 Å². The second kappa shape index (κ2) is 14.7. The zero-order valence-electron chi connectivity index (χ0n) is 20.3. The highest BCUT2D eigenvalue weighted by molar-refractivity contribution is 6.58. The van der Waals surface area contributed by atoms with Crippen molar-refractivity contribution >= 4 is 30.3 Å². The predicted molar refractivity (Wildman–Crippen MR) is 130 cm³/mol. The van der Waals surface area contributed by atoms with E-state index in [2.05, 4.69) is 10.6 Å². The number of nitrogens with two attached hydrogens (primary N) is 1. The fourth-order valence-electron chi connectivity index (χ4n) is 3.70. The van der Waals surface area contributed by atoms with Crippen LogP contribution in [0.2, 0.25) is 0 Å². The van der Waals surface area contributed by atoms with Gasteiger partial charge in [-0.3, -0.25) is 14.4 Å². The molecule has 0 heterocycles. The molecule has 0 fully saturated rings. The molecule has 3 amide bonds. The molecule has 0 saturated carbocycles. The minimum absolute atomic E-state index is 0.0816. The molecule has 0 aliphatic rings. The van der Waals surface area contributed by atoms with Crippen molar-refractivity contribution in [2.45, 2.75) is 72.1 Å². The van der Waals surface area contributed by atoms with E-state index in [1.807, 2.05) is 39.8 Å². The third kappa shape index (κ3) is 9.96. The first-order valence-corrected chi connectivity index (χ1v) is 11.9. The molecule has 1 rings (SSSR count). The number of carbonyl (C=O) groups excluding carboxylic acids is 3. The first-order chi connectivity index (χ1) is 15.6. The van der Waals surface area contributed by atoms with E-state index in [9.17, 15) is 24.4 Å². The zero-order valence-corrected chi connectivity index (χ0v) is 20.3. The number of nitrogens with one attached hydrogen (secondary N) is 2. The van der Waals surface area contributed by atoms with Gasteiger partial charge in [0.2, 0.25) is 17.7 Å². The Morgan fingerprint density at radius 2 is 1.42 bits per heavy atom. The van der Waals surface area contributed by atoms with Gasteiger partial charge in [0.15, 0.2) is 0 Å². The van der Waals surface area contributed by atoms with E-state index in [4.69, 9.17) is 5.73 Å². The Labute approximate surface area is 197 Å². The molecule has 4 atom stereocenters. The third-order valence-corrected chi connectivity index (χ3v) is 6.45. The van der Waals surface area contributed by atoms with Gasteiger partial charge in [-0.1, -0.05) is 52.0 Å². The molecule has 0 spiro atoms. The lowest BCUT2D eigenvalue weighted by atomic mass is 9.78. The lowest BCUT2D eigenvalue weighted by Crippen LogP contribution is -2.41. The first kappa shape index (κ1) is 28.6.